The highest BCUT2D eigenvalue weighted by Crippen LogP contribution is 2.25. The number of hydrogen-bond acceptors (Lipinski definition) is 4. The van der Waals surface area contributed by atoms with Gasteiger partial charge in [0.2, 0.25) is 0 Å². The summed E-state index contributed by atoms with van der Waals surface area (Å²) in [6, 6.07) is 9.00. The van der Waals surface area contributed by atoms with Gasteiger partial charge in [-0.1, -0.05) is 6.07 Å². The van der Waals surface area contributed by atoms with Gasteiger partial charge < -0.3 is 9.80 Å². The van der Waals surface area contributed by atoms with Crippen molar-refractivity contribution >= 4 is 17.3 Å². The topological polar surface area (TPSA) is 66.7 Å². The lowest BCUT2D eigenvalue weighted by Crippen LogP contribution is -2.49. The van der Waals surface area contributed by atoms with E-state index in [1.165, 1.54) is 30.3 Å². The fourth-order valence-corrected chi connectivity index (χ4v) is 2.82. The Balaban J connectivity index is 1.68. The second-order valence-electron chi connectivity index (χ2n) is 5.68. The van der Waals surface area contributed by atoms with Crippen molar-refractivity contribution in [3.05, 3.63) is 69.8 Å². The zero-order chi connectivity index (χ0) is 18.0. The van der Waals surface area contributed by atoms with Gasteiger partial charge in [0.25, 0.3) is 11.6 Å². The molecule has 0 saturated carbocycles. The lowest BCUT2D eigenvalue weighted by Gasteiger charge is -2.36. The minimum Gasteiger partial charge on any atom is -0.366 e. The molecule has 1 fully saturated rings. The Hall–Kier alpha value is -3.03. The van der Waals surface area contributed by atoms with Crippen LogP contribution in [0.1, 0.15) is 10.4 Å². The van der Waals surface area contributed by atoms with Crippen LogP contribution in [0.25, 0.3) is 0 Å². The van der Waals surface area contributed by atoms with Crippen molar-refractivity contribution in [2.24, 2.45) is 0 Å². The molecule has 0 aromatic heterocycles. The Bertz CT molecular complexity index is 821. The number of anilines is 1. The molecule has 0 bridgehead atoms. The molecular weight excluding hydrogens is 332 g/mol. The fourth-order valence-electron chi connectivity index (χ4n) is 2.82. The number of halogens is 2. The van der Waals surface area contributed by atoms with Crippen LogP contribution < -0.4 is 4.90 Å². The molecule has 0 aliphatic carbocycles. The van der Waals surface area contributed by atoms with E-state index in [-0.39, 0.29) is 22.8 Å². The first kappa shape index (κ1) is 16.8. The minimum atomic E-state index is -0.667. The van der Waals surface area contributed by atoms with E-state index >= 15 is 0 Å². The zero-order valence-corrected chi connectivity index (χ0v) is 13.2. The number of piperazine rings is 1. The Morgan fingerprint density at radius 3 is 2.36 bits per heavy atom. The maximum absolute atomic E-state index is 14.1. The van der Waals surface area contributed by atoms with Crippen molar-refractivity contribution in [1.29, 1.82) is 0 Å². The molecule has 1 aliphatic rings. The number of nitro groups is 1. The van der Waals surface area contributed by atoms with Crippen molar-refractivity contribution in [2.75, 3.05) is 31.1 Å². The molecule has 0 N–H and O–H groups in total. The van der Waals surface area contributed by atoms with Crippen LogP contribution in [0.4, 0.5) is 20.2 Å². The molecule has 0 atom stereocenters. The molecule has 0 spiro atoms. The Kier molecular flexibility index (Phi) is 4.60. The molecule has 6 nitrogen and oxygen atoms in total. The maximum atomic E-state index is 14.1. The molecular formula is C17H15F2N3O3. The summed E-state index contributed by atoms with van der Waals surface area (Å²) in [6.45, 7) is 1.48. The molecule has 0 radical (unpaired) electrons. The summed E-state index contributed by atoms with van der Waals surface area (Å²) in [4.78, 5) is 25.7. The Morgan fingerprint density at radius 1 is 1.04 bits per heavy atom. The SMILES string of the molecule is O=C(c1cccc(F)c1)N1CCN(c2ccc([N+](=O)[O-])cc2F)CC1. The third-order valence-corrected chi connectivity index (χ3v) is 4.12. The van der Waals surface area contributed by atoms with Crippen LogP contribution in [0.3, 0.4) is 0 Å². The van der Waals surface area contributed by atoms with Gasteiger partial charge in [0.05, 0.1) is 16.7 Å². The van der Waals surface area contributed by atoms with Crippen molar-refractivity contribution in [1.82, 2.24) is 4.90 Å². The van der Waals surface area contributed by atoms with Crippen molar-refractivity contribution in [3.8, 4) is 0 Å². The van der Waals surface area contributed by atoms with Crippen LogP contribution in [0, 0.1) is 21.7 Å². The van der Waals surface area contributed by atoms with E-state index < -0.39 is 16.6 Å². The monoisotopic (exact) mass is 347 g/mol. The lowest BCUT2D eigenvalue weighted by molar-refractivity contribution is -0.385. The fraction of sp³-hybridized carbons (Fsp3) is 0.235. The van der Waals surface area contributed by atoms with Crippen molar-refractivity contribution in [2.45, 2.75) is 0 Å². The summed E-state index contributed by atoms with van der Waals surface area (Å²) in [5, 5.41) is 10.7. The zero-order valence-electron chi connectivity index (χ0n) is 13.2. The molecule has 1 saturated heterocycles. The van der Waals surface area contributed by atoms with E-state index in [9.17, 15) is 23.7 Å². The predicted molar refractivity (Wildman–Crippen MR) is 87.6 cm³/mol. The molecule has 3 rings (SSSR count). The molecule has 1 amide bonds. The molecule has 8 heteroatoms. The van der Waals surface area contributed by atoms with Crippen LogP contribution in [0.2, 0.25) is 0 Å². The lowest BCUT2D eigenvalue weighted by atomic mass is 10.1. The Morgan fingerprint density at radius 2 is 1.76 bits per heavy atom. The average molecular weight is 347 g/mol. The predicted octanol–water partition coefficient (Wildman–Crippen LogP) is 2.84. The van der Waals surface area contributed by atoms with E-state index in [2.05, 4.69) is 0 Å². The Labute approximate surface area is 142 Å². The number of amides is 1. The molecule has 0 unspecified atom stereocenters. The number of nitrogens with zero attached hydrogens (tertiary/aromatic N) is 3. The second kappa shape index (κ2) is 6.84. The second-order valence-corrected chi connectivity index (χ2v) is 5.68. The van der Waals surface area contributed by atoms with Gasteiger partial charge in [-0.3, -0.25) is 14.9 Å². The van der Waals surface area contributed by atoms with Gasteiger partial charge >= 0.3 is 0 Å². The third-order valence-electron chi connectivity index (χ3n) is 4.12. The summed E-state index contributed by atoms with van der Waals surface area (Å²) in [7, 11) is 0. The number of nitro benzene ring substituents is 1. The number of hydrogen-bond donors (Lipinski definition) is 0. The van der Waals surface area contributed by atoms with Crippen LogP contribution in [-0.2, 0) is 0 Å². The highest BCUT2D eigenvalue weighted by Gasteiger charge is 2.24. The molecule has 1 aliphatic heterocycles. The first-order valence-corrected chi connectivity index (χ1v) is 7.69. The molecule has 2 aromatic rings. The molecule has 25 heavy (non-hydrogen) atoms. The third kappa shape index (κ3) is 3.57. The molecule has 130 valence electrons. The normalized spacial score (nSPS) is 14.5. The van der Waals surface area contributed by atoms with E-state index in [4.69, 9.17) is 0 Å². The largest absolute Gasteiger partial charge is 0.366 e. The van der Waals surface area contributed by atoms with Crippen LogP contribution in [-0.4, -0.2) is 41.9 Å². The standard InChI is InChI=1S/C17H15F2N3O3/c18-13-3-1-2-12(10-13)17(23)21-8-6-20(7-9-21)16-5-4-14(22(24)25)11-15(16)19/h1-5,10-11H,6-9H2. The highest BCUT2D eigenvalue weighted by molar-refractivity contribution is 5.94. The van der Waals surface area contributed by atoms with Gasteiger partial charge in [0.15, 0.2) is 5.82 Å². The van der Waals surface area contributed by atoms with Gasteiger partial charge in [-0.2, -0.15) is 0 Å². The summed E-state index contributed by atoms with van der Waals surface area (Å²) in [6.07, 6.45) is 0. The van der Waals surface area contributed by atoms with Crippen LogP contribution in [0.15, 0.2) is 42.5 Å². The first-order chi connectivity index (χ1) is 12.0. The number of carbonyl (C=O) groups is 1. The number of rotatable bonds is 3. The maximum Gasteiger partial charge on any atom is 0.272 e. The number of benzene rings is 2. The van der Waals surface area contributed by atoms with E-state index in [0.29, 0.717) is 26.2 Å². The highest BCUT2D eigenvalue weighted by atomic mass is 19.1. The summed E-state index contributed by atoms with van der Waals surface area (Å²) in [5.74, 6) is -1.42. The summed E-state index contributed by atoms with van der Waals surface area (Å²) >= 11 is 0. The van der Waals surface area contributed by atoms with Crippen LogP contribution >= 0.6 is 0 Å². The smallest absolute Gasteiger partial charge is 0.272 e. The number of non-ortho nitro benzene ring substituents is 1. The average Bonchev–Trinajstić information content (AvgIpc) is 2.61. The van der Waals surface area contributed by atoms with E-state index in [1.54, 1.807) is 15.9 Å². The van der Waals surface area contributed by atoms with Gasteiger partial charge in [-0.25, -0.2) is 8.78 Å². The van der Waals surface area contributed by atoms with Crippen LogP contribution in [0.5, 0.6) is 0 Å². The van der Waals surface area contributed by atoms with E-state index in [1.807, 2.05) is 0 Å². The molecule has 2 aromatic carbocycles. The van der Waals surface area contributed by atoms with Gasteiger partial charge in [0, 0.05) is 37.8 Å². The van der Waals surface area contributed by atoms with Gasteiger partial charge in [-0.15, -0.1) is 0 Å². The summed E-state index contributed by atoms with van der Waals surface area (Å²) < 4.78 is 27.3. The molecule has 1 heterocycles. The van der Waals surface area contributed by atoms with Crippen molar-refractivity contribution in [3.63, 3.8) is 0 Å². The minimum absolute atomic E-state index is 0.267. The quantitative estimate of drug-likeness (QED) is 0.633. The first-order valence-electron chi connectivity index (χ1n) is 7.69. The van der Waals surface area contributed by atoms with Gasteiger partial charge in [0.1, 0.15) is 5.82 Å². The van der Waals surface area contributed by atoms with Gasteiger partial charge in [-0.05, 0) is 24.3 Å². The summed E-state index contributed by atoms with van der Waals surface area (Å²) in [5.41, 5.74) is 0.236. The van der Waals surface area contributed by atoms with E-state index in [0.717, 1.165) is 6.07 Å². The van der Waals surface area contributed by atoms with Crippen molar-refractivity contribution < 1.29 is 18.5 Å². The number of carbonyl (C=O) groups excluding carboxylic acids is 1.